The monoisotopic (exact) mass is 1020 g/mol. The average molecular weight is 1020 g/mol. The van der Waals surface area contributed by atoms with Gasteiger partial charge in [-0.25, -0.2) is 14.6 Å². The summed E-state index contributed by atoms with van der Waals surface area (Å²) in [6.45, 7) is 12.8. The Hall–Kier alpha value is -6.70. The molecule has 0 radical (unpaired) electrons. The van der Waals surface area contributed by atoms with Crippen LogP contribution in [0.15, 0.2) is 134 Å². The molecule has 0 aliphatic carbocycles. The normalized spacial score (nSPS) is 11.3. The van der Waals surface area contributed by atoms with Gasteiger partial charge in [-0.3, -0.25) is 4.79 Å². The summed E-state index contributed by atoms with van der Waals surface area (Å²) < 4.78 is 40.2. The summed E-state index contributed by atoms with van der Waals surface area (Å²) in [6.07, 6.45) is 5.32. The van der Waals surface area contributed by atoms with E-state index in [-0.39, 0.29) is 50.1 Å². The van der Waals surface area contributed by atoms with Gasteiger partial charge in [0.15, 0.2) is 6.10 Å². The van der Waals surface area contributed by atoms with Crippen molar-refractivity contribution in [3.63, 3.8) is 0 Å². The van der Waals surface area contributed by atoms with Crippen molar-refractivity contribution in [1.82, 2.24) is 4.98 Å². The summed E-state index contributed by atoms with van der Waals surface area (Å²) in [5.74, 6) is -1.31. The van der Waals surface area contributed by atoms with Gasteiger partial charge in [0, 0.05) is 25.2 Å². The second-order valence-electron chi connectivity index (χ2n) is 13.4. The maximum atomic E-state index is 13.6. The van der Waals surface area contributed by atoms with Crippen LogP contribution in [0.2, 0.25) is 0 Å². The number of unbranched alkanes of at least 4 members (excludes halogenated alkanes) is 1. The summed E-state index contributed by atoms with van der Waals surface area (Å²) >= 11 is 0.614. The van der Waals surface area contributed by atoms with Crippen molar-refractivity contribution in [2.24, 2.45) is 5.10 Å². The third-order valence-corrected chi connectivity index (χ3v) is 11.5. The number of carbonyl (C=O) groups excluding carboxylic acids is 5. The number of hydrazone groups is 1. The summed E-state index contributed by atoms with van der Waals surface area (Å²) in [6, 6.07) is 26.5. The Labute approximate surface area is 391 Å². The van der Waals surface area contributed by atoms with Crippen LogP contribution in [0, 0.1) is 0 Å². The van der Waals surface area contributed by atoms with E-state index in [1.165, 1.54) is 34.7 Å². The van der Waals surface area contributed by atoms with Gasteiger partial charge in [-0.05, 0) is 49.2 Å². The first-order valence-electron chi connectivity index (χ1n) is 20.3. The molecular weight excluding hydrogens is 970 g/mol. The molecule has 0 N–H and O–H groups in total. The zero-order valence-electron chi connectivity index (χ0n) is 35.6. The molecule has 0 aliphatic heterocycles. The Kier molecular flexibility index (Phi) is 19.9. The molecule has 5 aromatic rings. The third-order valence-electron chi connectivity index (χ3n) is 8.80. The number of alkyl halides is 1. The average Bonchev–Trinajstić information content (AvgIpc) is 3.77. The zero-order chi connectivity index (χ0) is 46.4. The number of fused-ring (bicyclic) bond motifs is 1. The Balaban J connectivity index is 1.29. The summed E-state index contributed by atoms with van der Waals surface area (Å²) in [5.41, 5.74) is 2.96. The molecule has 0 fully saturated rings. The minimum atomic E-state index is -0.760. The minimum absolute atomic E-state index is 0.0456. The van der Waals surface area contributed by atoms with E-state index in [2.05, 4.69) is 29.8 Å². The molecule has 17 heteroatoms. The number of halogens is 1. The molecular formula is C48H47IN3O12S-. The molecule has 65 heavy (non-hydrogen) atoms. The number of thiazole rings is 1. The van der Waals surface area contributed by atoms with Crippen LogP contribution in [0.3, 0.4) is 0 Å². The fourth-order valence-corrected chi connectivity index (χ4v) is 7.72. The quantitative estimate of drug-likeness (QED) is 0.00826. The van der Waals surface area contributed by atoms with Crippen molar-refractivity contribution >= 4 is 62.7 Å². The van der Waals surface area contributed by atoms with Gasteiger partial charge in [0.1, 0.15) is 12.4 Å². The van der Waals surface area contributed by atoms with E-state index >= 15 is 0 Å². The van der Waals surface area contributed by atoms with Gasteiger partial charge in [-0.15, -0.1) is 0 Å². The van der Waals surface area contributed by atoms with Gasteiger partial charge < -0.3 is 18.9 Å². The van der Waals surface area contributed by atoms with E-state index in [0.29, 0.717) is 46.1 Å². The molecule has 0 saturated heterocycles. The summed E-state index contributed by atoms with van der Waals surface area (Å²) in [5, 5.41) is 6.22. The van der Waals surface area contributed by atoms with Crippen molar-refractivity contribution < 1.29 is 77.1 Å². The molecule has 1 heterocycles. The summed E-state index contributed by atoms with van der Waals surface area (Å²) in [7, 11) is 0. The molecule has 0 aliphatic rings. The second kappa shape index (κ2) is 26.2. The van der Waals surface area contributed by atoms with Gasteiger partial charge in [-0.1, -0.05) is 43.6 Å². The number of esters is 4. The second-order valence-corrected chi connectivity index (χ2v) is 16.6. The smallest absolute Gasteiger partial charge is 0.453 e. The molecule has 0 spiro atoms. The molecule has 1 atom stereocenters. The van der Waals surface area contributed by atoms with E-state index in [0.717, 1.165) is 39.6 Å². The topological polar surface area (TPSA) is 178 Å². The van der Waals surface area contributed by atoms with Crippen LogP contribution in [0.4, 0.5) is 5.13 Å². The molecule has 1 amide bonds. The van der Waals surface area contributed by atoms with Gasteiger partial charge in [0.25, 0.3) is 0 Å². The van der Waals surface area contributed by atoms with Crippen molar-refractivity contribution in [2.75, 3.05) is 42.5 Å². The molecule has 1 unspecified atom stereocenters. The number of aromatic nitrogens is 1. The van der Waals surface area contributed by atoms with Crippen LogP contribution in [0.5, 0.6) is 17.2 Å². The van der Waals surface area contributed by atoms with Gasteiger partial charge in [0.05, 0.1) is 23.4 Å². The van der Waals surface area contributed by atoms with Crippen LogP contribution in [0.25, 0.3) is 21.3 Å². The molecule has 4 aromatic carbocycles. The van der Waals surface area contributed by atoms with E-state index in [1.54, 1.807) is 37.3 Å². The van der Waals surface area contributed by atoms with Gasteiger partial charge in [-0.2, -0.15) is 0 Å². The molecule has 0 bridgehead atoms. The van der Waals surface area contributed by atoms with Crippen molar-refractivity contribution in [2.45, 2.75) is 32.3 Å². The number of carbonyl (C=O) groups is 5. The van der Waals surface area contributed by atoms with Crippen LogP contribution >= 0.6 is 11.3 Å². The number of amides is 1. The van der Waals surface area contributed by atoms with E-state index < -0.39 is 51.6 Å². The van der Waals surface area contributed by atoms with Crippen LogP contribution in [-0.2, 0) is 38.1 Å². The zero-order valence-corrected chi connectivity index (χ0v) is 38.5. The van der Waals surface area contributed by atoms with E-state index in [9.17, 15) is 24.0 Å². The first-order chi connectivity index (χ1) is 31.6. The molecule has 1 aromatic heterocycles. The number of anilines is 1. The number of para-hydroxylation sites is 1. The van der Waals surface area contributed by atoms with Gasteiger partial charge >= 0.3 is 195 Å². The number of hydrogen-bond acceptors (Lipinski definition) is 15. The number of rotatable bonds is 26. The first kappa shape index (κ1) is 49.3. The van der Waals surface area contributed by atoms with Gasteiger partial charge in [0.2, 0.25) is 0 Å². The summed E-state index contributed by atoms with van der Waals surface area (Å²) in [4.78, 5) is 65.9. The number of benzene rings is 4. The SMILES string of the molecule is C=CC(=O)OCCCCOCC(COc1ccc(C(=O)Oc2ccc(-c3ccc(O[I-]CCOC(=O)C=C)cc3)cc2/C=N/N(C(=O)CC)c2nc3ccccc3s2)cc1)OC(=O)C=C. The Morgan fingerprint density at radius 2 is 1.46 bits per heavy atom. The predicted octanol–water partition coefficient (Wildman–Crippen LogP) is 5.07. The van der Waals surface area contributed by atoms with Crippen LogP contribution < -0.4 is 39.2 Å². The molecule has 15 nitrogen and oxygen atoms in total. The van der Waals surface area contributed by atoms with Crippen molar-refractivity contribution in [1.29, 1.82) is 0 Å². The fraction of sp³-hybridized carbons (Fsp3) is 0.229. The van der Waals surface area contributed by atoms with Crippen molar-refractivity contribution in [3.8, 4) is 28.4 Å². The van der Waals surface area contributed by atoms with Crippen LogP contribution in [0.1, 0.15) is 42.1 Å². The van der Waals surface area contributed by atoms with Crippen molar-refractivity contribution in [3.05, 3.63) is 140 Å². The number of hydrogen-bond donors (Lipinski definition) is 0. The Morgan fingerprint density at radius 3 is 2.17 bits per heavy atom. The number of ether oxygens (including phenoxy) is 6. The first-order valence-corrected chi connectivity index (χ1v) is 23.5. The van der Waals surface area contributed by atoms with E-state index in [4.69, 9.17) is 31.5 Å². The standard InChI is InChI=1S/C48H47IN3O12S/c1-5-43(53)52(48-51-40-13-9-10-14-42(40)65-48)50-30-36-29-35(33-15-22-38(23-16-33)64-49-25-28-60-45(55)7-3)19-24-41(36)63-47(57)34-17-20-37(21-18-34)61-32-39(62-46(56)8-4)31-58-26-11-12-27-59-44(54)6-2/h6-10,13-24,29-30,39H,2-5,11-12,25-28,31-32H2,1H3/q-1/b50-30+. The van der Waals surface area contributed by atoms with E-state index in [1.807, 2.05) is 48.5 Å². The molecule has 5 rings (SSSR count). The fourth-order valence-electron chi connectivity index (χ4n) is 5.51. The third kappa shape index (κ3) is 15.8. The minimum Gasteiger partial charge on any atom is -0.453 e. The molecule has 340 valence electrons. The molecule has 0 saturated carbocycles. The predicted molar refractivity (Wildman–Crippen MR) is 242 cm³/mol. The number of nitrogens with zero attached hydrogens (tertiary/aromatic N) is 3. The maximum absolute atomic E-state index is 13.6. The Bertz CT molecular complexity index is 2440. The Morgan fingerprint density at radius 1 is 0.785 bits per heavy atom. The van der Waals surface area contributed by atoms with Crippen LogP contribution in [-0.4, -0.2) is 84.5 Å².